The van der Waals surface area contributed by atoms with E-state index in [0.717, 1.165) is 38.7 Å². The van der Waals surface area contributed by atoms with Gasteiger partial charge in [-0.1, -0.05) is 27.7 Å². The molecule has 1 atom stereocenters. The highest BCUT2D eigenvalue weighted by Crippen LogP contribution is 2.13. The van der Waals surface area contributed by atoms with Crippen LogP contribution < -0.4 is 5.73 Å². The van der Waals surface area contributed by atoms with Gasteiger partial charge in [0.25, 0.3) is 0 Å². The molecule has 1 heterocycles. The molecule has 1 aliphatic heterocycles. The number of hydrogen-bond acceptors (Lipinski definition) is 2. The molecule has 0 amide bonds. The van der Waals surface area contributed by atoms with Crippen molar-refractivity contribution >= 4 is 5.96 Å². The number of likely N-dealkylation sites (tertiary alicyclic amines) is 1. The molecule has 0 bridgehead atoms. The van der Waals surface area contributed by atoms with Crippen LogP contribution in [0.15, 0.2) is 4.99 Å². The minimum absolute atomic E-state index is 0.522. The van der Waals surface area contributed by atoms with Crippen molar-refractivity contribution in [2.24, 2.45) is 16.6 Å². The molecule has 1 rings (SSSR count). The molecule has 0 saturated carbocycles. The van der Waals surface area contributed by atoms with E-state index in [2.05, 4.69) is 37.5 Å². The zero-order valence-electron chi connectivity index (χ0n) is 13.9. The standard InChI is InChI=1S/C16H34N4/c1-5-19(6-2)15(12-14(3)4)13-18-16(17)20-10-8-7-9-11-20/h14-15H,5-13H2,1-4H3,(H2,17,18). The van der Waals surface area contributed by atoms with Crippen molar-refractivity contribution in [3.05, 3.63) is 0 Å². The Hall–Kier alpha value is -0.770. The zero-order valence-corrected chi connectivity index (χ0v) is 13.9. The quantitative estimate of drug-likeness (QED) is 0.576. The van der Waals surface area contributed by atoms with Gasteiger partial charge >= 0.3 is 0 Å². The van der Waals surface area contributed by atoms with Gasteiger partial charge in [0.05, 0.1) is 6.54 Å². The van der Waals surface area contributed by atoms with Gasteiger partial charge < -0.3 is 10.6 Å². The average Bonchev–Trinajstić information content (AvgIpc) is 2.45. The molecule has 2 N–H and O–H groups in total. The van der Waals surface area contributed by atoms with Crippen molar-refractivity contribution in [1.82, 2.24) is 9.80 Å². The van der Waals surface area contributed by atoms with Crippen molar-refractivity contribution in [2.75, 3.05) is 32.7 Å². The fourth-order valence-electron chi connectivity index (χ4n) is 3.05. The Balaban J connectivity index is 2.58. The van der Waals surface area contributed by atoms with Gasteiger partial charge in [0, 0.05) is 19.1 Å². The van der Waals surface area contributed by atoms with Crippen molar-refractivity contribution in [3.8, 4) is 0 Å². The van der Waals surface area contributed by atoms with Crippen LogP contribution >= 0.6 is 0 Å². The number of guanidine groups is 1. The first-order valence-electron chi connectivity index (χ1n) is 8.37. The van der Waals surface area contributed by atoms with Crippen LogP contribution in [0.3, 0.4) is 0 Å². The average molecular weight is 282 g/mol. The molecule has 118 valence electrons. The molecule has 1 saturated heterocycles. The van der Waals surface area contributed by atoms with E-state index in [9.17, 15) is 0 Å². The van der Waals surface area contributed by atoms with Gasteiger partial charge in [-0.2, -0.15) is 0 Å². The number of aliphatic imine (C=N–C) groups is 1. The topological polar surface area (TPSA) is 44.9 Å². The van der Waals surface area contributed by atoms with Crippen LogP contribution in [0.1, 0.15) is 53.4 Å². The molecule has 0 aliphatic carbocycles. The van der Waals surface area contributed by atoms with Crippen molar-refractivity contribution in [3.63, 3.8) is 0 Å². The van der Waals surface area contributed by atoms with E-state index in [1.807, 2.05) is 0 Å². The second kappa shape index (κ2) is 9.22. The summed E-state index contributed by atoms with van der Waals surface area (Å²) >= 11 is 0. The molecule has 1 unspecified atom stereocenters. The van der Waals surface area contributed by atoms with E-state index >= 15 is 0 Å². The molecule has 20 heavy (non-hydrogen) atoms. The molecular formula is C16H34N4. The molecular weight excluding hydrogens is 248 g/mol. The summed E-state index contributed by atoms with van der Waals surface area (Å²) in [5.74, 6) is 1.46. The Morgan fingerprint density at radius 2 is 1.75 bits per heavy atom. The van der Waals surface area contributed by atoms with Crippen LogP contribution in [0.25, 0.3) is 0 Å². The Morgan fingerprint density at radius 1 is 1.15 bits per heavy atom. The van der Waals surface area contributed by atoms with Crippen LogP contribution in [0.2, 0.25) is 0 Å². The second-order valence-corrected chi connectivity index (χ2v) is 6.25. The smallest absolute Gasteiger partial charge is 0.191 e. The normalized spacial score (nSPS) is 18.9. The number of rotatable bonds is 7. The number of hydrogen-bond donors (Lipinski definition) is 1. The lowest BCUT2D eigenvalue weighted by Crippen LogP contribution is -2.43. The highest BCUT2D eigenvalue weighted by molar-refractivity contribution is 5.78. The van der Waals surface area contributed by atoms with Gasteiger partial charge in [0.1, 0.15) is 0 Å². The van der Waals surface area contributed by atoms with Crippen LogP contribution in [0.4, 0.5) is 0 Å². The molecule has 0 aromatic heterocycles. The summed E-state index contributed by atoms with van der Waals surface area (Å²) in [6.45, 7) is 14.2. The summed E-state index contributed by atoms with van der Waals surface area (Å²) in [6, 6.07) is 0.522. The first-order valence-corrected chi connectivity index (χ1v) is 8.37. The SMILES string of the molecule is CCN(CC)C(CN=C(N)N1CCCCC1)CC(C)C. The van der Waals surface area contributed by atoms with Crippen molar-refractivity contribution in [2.45, 2.75) is 59.4 Å². The minimum Gasteiger partial charge on any atom is -0.370 e. The van der Waals surface area contributed by atoms with Gasteiger partial charge in [-0.3, -0.25) is 9.89 Å². The van der Waals surface area contributed by atoms with Crippen LogP contribution in [0, 0.1) is 5.92 Å². The lowest BCUT2D eigenvalue weighted by atomic mass is 10.0. The predicted molar refractivity (Wildman–Crippen MR) is 88.1 cm³/mol. The summed E-state index contributed by atoms with van der Waals surface area (Å²) in [5, 5.41) is 0. The third-order valence-electron chi connectivity index (χ3n) is 4.22. The summed E-state index contributed by atoms with van der Waals surface area (Å²) in [5.41, 5.74) is 6.17. The van der Waals surface area contributed by atoms with E-state index in [-0.39, 0.29) is 0 Å². The molecule has 0 spiro atoms. The Kier molecular flexibility index (Phi) is 7.97. The molecule has 0 aromatic carbocycles. The van der Waals surface area contributed by atoms with Crippen molar-refractivity contribution < 1.29 is 0 Å². The fourth-order valence-corrected chi connectivity index (χ4v) is 3.05. The van der Waals surface area contributed by atoms with Crippen molar-refractivity contribution in [1.29, 1.82) is 0 Å². The lowest BCUT2D eigenvalue weighted by Gasteiger charge is -2.31. The van der Waals surface area contributed by atoms with E-state index in [1.54, 1.807) is 0 Å². The summed E-state index contributed by atoms with van der Waals surface area (Å²) in [7, 11) is 0. The third kappa shape index (κ3) is 5.70. The maximum absolute atomic E-state index is 6.17. The van der Waals surface area contributed by atoms with Gasteiger partial charge in [-0.25, -0.2) is 0 Å². The molecule has 4 heteroatoms. The van der Waals surface area contributed by atoms with E-state index in [0.29, 0.717) is 12.0 Å². The molecule has 0 radical (unpaired) electrons. The van der Waals surface area contributed by atoms with Crippen LogP contribution in [-0.2, 0) is 0 Å². The van der Waals surface area contributed by atoms with Crippen LogP contribution in [0.5, 0.6) is 0 Å². The summed E-state index contributed by atoms with van der Waals surface area (Å²) in [6.07, 6.45) is 5.03. The first kappa shape index (κ1) is 17.3. The fraction of sp³-hybridized carbons (Fsp3) is 0.938. The molecule has 4 nitrogen and oxygen atoms in total. The Labute approximate surface area is 125 Å². The highest BCUT2D eigenvalue weighted by Gasteiger charge is 2.18. The van der Waals surface area contributed by atoms with Crippen LogP contribution in [-0.4, -0.2) is 54.5 Å². The van der Waals surface area contributed by atoms with Gasteiger partial charge in [0.2, 0.25) is 0 Å². The second-order valence-electron chi connectivity index (χ2n) is 6.25. The number of nitrogens with zero attached hydrogens (tertiary/aromatic N) is 3. The molecule has 1 aliphatic rings. The van der Waals surface area contributed by atoms with Gasteiger partial charge in [-0.05, 0) is 44.7 Å². The number of piperidine rings is 1. The predicted octanol–water partition coefficient (Wildman–Crippen LogP) is 2.54. The van der Waals surface area contributed by atoms with Gasteiger partial charge in [0.15, 0.2) is 5.96 Å². The first-order chi connectivity index (χ1) is 9.58. The Morgan fingerprint density at radius 3 is 2.25 bits per heavy atom. The highest BCUT2D eigenvalue weighted by atomic mass is 15.3. The monoisotopic (exact) mass is 282 g/mol. The summed E-state index contributed by atoms with van der Waals surface area (Å²) < 4.78 is 0. The van der Waals surface area contributed by atoms with E-state index < -0.39 is 0 Å². The maximum atomic E-state index is 6.17. The van der Waals surface area contributed by atoms with E-state index in [4.69, 9.17) is 10.7 Å². The number of likely N-dealkylation sites (N-methyl/N-ethyl adjacent to an activating group) is 1. The molecule has 0 aromatic rings. The van der Waals surface area contributed by atoms with Gasteiger partial charge in [-0.15, -0.1) is 0 Å². The summed E-state index contributed by atoms with van der Waals surface area (Å²) in [4.78, 5) is 9.45. The zero-order chi connectivity index (χ0) is 15.0. The lowest BCUT2D eigenvalue weighted by molar-refractivity contribution is 0.195. The number of nitrogens with two attached hydrogens (primary N) is 1. The largest absolute Gasteiger partial charge is 0.370 e. The maximum Gasteiger partial charge on any atom is 0.191 e. The third-order valence-corrected chi connectivity index (χ3v) is 4.22. The molecule has 1 fully saturated rings. The Bertz CT molecular complexity index is 278. The van der Waals surface area contributed by atoms with E-state index in [1.165, 1.54) is 25.7 Å². The minimum atomic E-state index is 0.522.